The lowest BCUT2D eigenvalue weighted by atomic mass is 10.1. The lowest BCUT2D eigenvalue weighted by Gasteiger charge is -2.38. The average molecular weight is 298 g/mol. The molecule has 7 heteroatoms. The molecule has 6 nitrogen and oxygen atoms in total. The second kappa shape index (κ2) is 6.34. The minimum absolute atomic E-state index is 0.217. The number of rotatable bonds is 6. The maximum absolute atomic E-state index is 12.4. The number of nitrogens with zero attached hydrogens (tertiary/aromatic N) is 1. The molecule has 0 spiro atoms. The lowest BCUT2D eigenvalue weighted by Crippen LogP contribution is -2.58. The molecule has 0 aromatic heterocycles. The molecule has 0 aliphatic carbocycles. The van der Waals surface area contributed by atoms with Crippen molar-refractivity contribution in [2.24, 2.45) is 0 Å². The van der Waals surface area contributed by atoms with E-state index in [1.165, 1.54) is 16.4 Å². The molecule has 1 N–H and O–H groups in total. The van der Waals surface area contributed by atoms with Crippen molar-refractivity contribution in [2.45, 2.75) is 17.4 Å². The number of hydrogen-bond donors (Lipinski definition) is 1. The van der Waals surface area contributed by atoms with Crippen LogP contribution >= 0.6 is 0 Å². The van der Waals surface area contributed by atoms with E-state index in [0.717, 1.165) is 0 Å². The first-order chi connectivity index (χ1) is 9.57. The number of methoxy groups -OCH3 is 1. The Labute approximate surface area is 118 Å². The van der Waals surface area contributed by atoms with Gasteiger partial charge >= 0.3 is 0 Å². The monoisotopic (exact) mass is 298 g/mol. The second-order valence-electron chi connectivity index (χ2n) is 4.52. The number of amides is 1. The Morgan fingerprint density at radius 3 is 2.65 bits per heavy atom. The summed E-state index contributed by atoms with van der Waals surface area (Å²) in [6.45, 7) is 1.16. The van der Waals surface area contributed by atoms with Gasteiger partial charge in [0.2, 0.25) is 15.9 Å². The number of hydrogen-bond acceptors (Lipinski definition) is 4. The van der Waals surface area contributed by atoms with Crippen LogP contribution in [0.1, 0.15) is 6.42 Å². The summed E-state index contributed by atoms with van der Waals surface area (Å²) >= 11 is 0. The Kier molecular flexibility index (Phi) is 4.74. The number of carbonyl (C=O) groups excluding carboxylic acids is 1. The van der Waals surface area contributed by atoms with E-state index in [-0.39, 0.29) is 10.8 Å². The van der Waals surface area contributed by atoms with Crippen LogP contribution < -0.4 is 5.32 Å². The average Bonchev–Trinajstić information content (AvgIpc) is 2.38. The van der Waals surface area contributed by atoms with Crippen LogP contribution in [0, 0.1) is 0 Å². The third-order valence-electron chi connectivity index (χ3n) is 3.23. The fourth-order valence-corrected chi connectivity index (χ4v) is 3.69. The standard InChI is InChI=1S/C13H18N2O4S/c1-19-10-8-14-13(16)12-7-9-15(12)20(17,18)11-5-3-2-4-6-11/h2-6,12H,7-10H2,1H3,(H,14,16)/t12-/m1/s1. The molecule has 1 atom stereocenters. The first kappa shape index (κ1) is 15.0. The first-order valence-electron chi connectivity index (χ1n) is 6.41. The van der Waals surface area contributed by atoms with Crippen LogP contribution in [0.15, 0.2) is 35.2 Å². The fraction of sp³-hybridized carbons (Fsp3) is 0.462. The number of sulfonamides is 1. The predicted octanol–water partition coefficient (Wildman–Crippen LogP) is 0.212. The Morgan fingerprint density at radius 1 is 1.40 bits per heavy atom. The molecule has 0 unspecified atom stereocenters. The molecule has 1 heterocycles. The van der Waals surface area contributed by atoms with E-state index in [0.29, 0.717) is 26.1 Å². The van der Waals surface area contributed by atoms with Crippen molar-refractivity contribution in [2.75, 3.05) is 26.8 Å². The molecule has 2 rings (SSSR count). The van der Waals surface area contributed by atoms with Crippen molar-refractivity contribution in [3.05, 3.63) is 30.3 Å². The third-order valence-corrected chi connectivity index (χ3v) is 5.15. The summed E-state index contributed by atoms with van der Waals surface area (Å²) in [7, 11) is -2.04. The highest BCUT2D eigenvalue weighted by Gasteiger charge is 2.42. The largest absolute Gasteiger partial charge is 0.383 e. The smallest absolute Gasteiger partial charge is 0.243 e. The van der Waals surface area contributed by atoms with Gasteiger partial charge in [-0.25, -0.2) is 8.42 Å². The SMILES string of the molecule is COCCNC(=O)[C@H]1CCN1S(=O)(=O)c1ccccc1. The Morgan fingerprint density at radius 2 is 2.10 bits per heavy atom. The Hall–Kier alpha value is -1.44. The zero-order chi connectivity index (χ0) is 14.6. The highest BCUT2D eigenvalue weighted by molar-refractivity contribution is 7.89. The van der Waals surface area contributed by atoms with E-state index in [9.17, 15) is 13.2 Å². The molecule has 1 aliphatic rings. The van der Waals surface area contributed by atoms with Gasteiger partial charge in [-0.15, -0.1) is 0 Å². The van der Waals surface area contributed by atoms with Gasteiger partial charge in [-0.3, -0.25) is 4.79 Å². The molecule has 110 valence electrons. The molecule has 0 radical (unpaired) electrons. The van der Waals surface area contributed by atoms with Crippen molar-refractivity contribution in [3.63, 3.8) is 0 Å². The van der Waals surface area contributed by atoms with Crippen molar-refractivity contribution in [3.8, 4) is 0 Å². The van der Waals surface area contributed by atoms with E-state index in [4.69, 9.17) is 4.74 Å². The normalized spacial score (nSPS) is 19.4. The third kappa shape index (κ3) is 3.00. The molecule has 1 aromatic carbocycles. The summed E-state index contributed by atoms with van der Waals surface area (Å²) in [5.74, 6) is -0.271. The molecule has 0 saturated carbocycles. The zero-order valence-electron chi connectivity index (χ0n) is 11.3. The van der Waals surface area contributed by atoms with Crippen LogP contribution in [0.5, 0.6) is 0 Å². The molecule has 1 fully saturated rings. The maximum Gasteiger partial charge on any atom is 0.243 e. The van der Waals surface area contributed by atoms with E-state index >= 15 is 0 Å². The topological polar surface area (TPSA) is 75.7 Å². The van der Waals surface area contributed by atoms with Gasteiger partial charge < -0.3 is 10.1 Å². The molecule has 20 heavy (non-hydrogen) atoms. The quantitative estimate of drug-likeness (QED) is 0.762. The molecule has 1 aliphatic heterocycles. The number of carbonyl (C=O) groups is 1. The summed E-state index contributed by atoms with van der Waals surface area (Å²) < 4.78 is 30.8. The highest BCUT2D eigenvalue weighted by Crippen LogP contribution is 2.26. The molecular formula is C13H18N2O4S. The Bertz CT molecular complexity index is 559. The molecule has 1 amide bonds. The lowest BCUT2D eigenvalue weighted by molar-refractivity contribution is -0.127. The summed E-state index contributed by atoms with van der Waals surface area (Å²) in [5, 5.41) is 2.67. The van der Waals surface area contributed by atoms with Crippen LogP contribution in [0.25, 0.3) is 0 Å². The van der Waals surface area contributed by atoms with Gasteiger partial charge in [0.05, 0.1) is 11.5 Å². The van der Waals surface area contributed by atoms with E-state index in [1.54, 1.807) is 25.3 Å². The van der Waals surface area contributed by atoms with Crippen molar-refractivity contribution in [1.82, 2.24) is 9.62 Å². The fourth-order valence-electron chi connectivity index (χ4n) is 2.04. The van der Waals surface area contributed by atoms with Crippen LogP contribution in [-0.4, -0.2) is 51.5 Å². The van der Waals surface area contributed by atoms with Gasteiger partial charge in [-0.1, -0.05) is 18.2 Å². The second-order valence-corrected chi connectivity index (χ2v) is 6.41. The van der Waals surface area contributed by atoms with Crippen molar-refractivity contribution >= 4 is 15.9 Å². The van der Waals surface area contributed by atoms with Crippen LogP contribution in [0.3, 0.4) is 0 Å². The highest BCUT2D eigenvalue weighted by atomic mass is 32.2. The van der Waals surface area contributed by atoms with E-state index < -0.39 is 16.1 Å². The van der Waals surface area contributed by atoms with Gasteiger partial charge in [0.1, 0.15) is 6.04 Å². The first-order valence-corrected chi connectivity index (χ1v) is 7.85. The van der Waals surface area contributed by atoms with E-state index in [2.05, 4.69) is 5.32 Å². The van der Waals surface area contributed by atoms with Crippen LogP contribution in [-0.2, 0) is 19.6 Å². The van der Waals surface area contributed by atoms with Gasteiger partial charge in [0, 0.05) is 20.2 Å². The molecule has 1 aromatic rings. The minimum atomic E-state index is -3.59. The Balaban J connectivity index is 2.05. The maximum atomic E-state index is 12.4. The van der Waals surface area contributed by atoms with Gasteiger partial charge in [0.15, 0.2) is 0 Å². The van der Waals surface area contributed by atoms with Gasteiger partial charge in [-0.05, 0) is 18.6 Å². The van der Waals surface area contributed by atoms with Crippen LogP contribution in [0.4, 0.5) is 0 Å². The molecule has 0 bridgehead atoms. The summed E-state index contributed by atoms with van der Waals surface area (Å²) in [4.78, 5) is 12.1. The summed E-state index contributed by atoms with van der Waals surface area (Å²) in [6.07, 6.45) is 0.547. The van der Waals surface area contributed by atoms with Crippen molar-refractivity contribution in [1.29, 1.82) is 0 Å². The number of ether oxygens (including phenoxy) is 1. The molecule has 1 saturated heterocycles. The minimum Gasteiger partial charge on any atom is -0.383 e. The number of nitrogens with one attached hydrogen (secondary N) is 1. The van der Waals surface area contributed by atoms with E-state index in [1.807, 2.05) is 0 Å². The van der Waals surface area contributed by atoms with Crippen LogP contribution in [0.2, 0.25) is 0 Å². The van der Waals surface area contributed by atoms with Gasteiger partial charge in [0.25, 0.3) is 0 Å². The number of benzene rings is 1. The summed E-state index contributed by atoms with van der Waals surface area (Å²) in [5.41, 5.74) is 0. The zero-order valence-corrected chi connectivity index (χ0v) is 12.1. The predicted molar refractivity (Wildman–Crippen MR) is 73.6 cm³/mol. The molecular weight excluding hydrogens is 280 g/mol. The summed E-state index contributed by atoms with van der Waals surface area (Å²) in [6, 6.07) is 7.54. The van der Waals surface area contributed by atoms with Gasteiger partial charge in [-0.2, -0.15) is 4.31 Å². The van der Waals surface area contributed by atoms with Crippen molar-refractivity contribution < 1.29 is 17.9 Å².